The lowest BCUT2D eigenvalue weighted by atomic mass is 10.0. The monoisotopic (exact) mass is 246 g/mol. The Balaban J connectivity index is 2.18. The number of aryl methyl sites for hydroxylation is 1. The molecule has 2 rings (SSSR count). The van der Waals surface area contributed by atoms with Gasteiger partial charge in [-0.1, -0.05) is 18.2 Å². The summed E-state index contributed by atoms with van der Waals surface area (Å²) in [7, 11) is 1.62. The average molecular weight is 246 g/mol. The lowest BCUT2D eigenvalue weighted by Gasteiger charge is -2.06. The van der Waals surface area contributed by atoms with Crippen LogP contribution in [-0.2, 0) is 6.42 Å². The number of carbonyl (C=O) groups is 1. The van der Waals surface area contributed by atoms with Crippen LogP contribution < -0.4 is 4.74 Å². The summed E-state index contributed by atoms with van der Waals surface area (Å²) in [5.74, 6) is 0.909. The Morgan fingerprint density at radius 2 is 2.12 bits per heavy atom. The second kappa shape index (κ2) is 5.15. The first-order chi connectivity index (χ1) is 8.20. The molecule has 1 heterocycles. The first-order valence-electron chi connectivity index (χ1n) is 5.41. The van der Waals surface area contributed by atoms with Crippen molar-refractivity contribution in [2.75, 3.05) is 7.11 Å². The minimum atomic E-state index is 0.138. The Labute approximate surface area is 105 Å². The number of ketones is 1. The summed E-state index contributed by atoms with van der Waals surface area (Å²) in [6.07, 6.45) is 0.389. The van der Waals surface area contributed by atoms with Gasteiger partial charge >= 0.3 is 0 Å². The van der Waals surface area contributed by atoms with Crippen molar-refractivity contribution in [1.29, 1.82) is 0 Å². The number of rotatable bonds is 4. The largest absolute Gasteiger partial charge is 0.496 e. The number of thiophene rings is 1. The van der Waals surface area contributed by atoms with Crippen LogP contribution in [0.2, 0.25) is 0 Å². The van der Waals surface area contributed by atoms with Crippen LogP contribution in [0.15, 0.2) is 35.7 Å². The van der Waals surface area contributed by atoms with Crippen molar-refractivity contribution in [3.8, 4) is 5.75 Å². The van der Waals surface area contributed by atoms with Gasteiger partial charge in [0.1, 0.15) is 5.75 Å². The molecule has 0 atom stereocenters. The lowest BCUT2D eigenvalue weighted by molar-refractivity contribution is 0.0992. The lowest BCUT2D eigenvalue weighted by Crippen LogP contribution is -2.03. The van der Waals surface area contributed by atoms with Crippen LogP contribution in [0.1, 0.15) is 20.8 Å². The van der Waals surface area contributed by atoms with Gasteiger partial charge < -0.3 is 4.74 Å². The van der Waals surface area contributed by atoms with Crippen LogP contribution in [0, 0.1) is 6.92 Å². The van der Waals surface area contributed by atoms with E-state index in [9.17, 15) is 4.79 Å². The Morgan fingerprint density at radius 1 is 1.35 bits per heavy atom. The molecule has 3 heteroatoms. The molecule has 0 amide bonds. The molecule has 0 bridgehead atoms. The molecule has 0 aliphatic rings. The van der Waals surface area contributed by atoms with Gasteiger partial charge in [0.25, 0.3) is 0 Å². The molecule has 0 aliphatic carbocycles. The van der Waals surface area contributed by atoms with Crippen molar-refractivity contribution < 1.29 is 9.53 Å². The number of hydrogen-bond donors (Lipinski definition) is 0. The van der Waals surface area contributed by atoms with Crippen LogP contribution in [0.5, 0.6) is 5.75 Å². The minimum Gasteiger partial charge on any atom is -0.496 e. The van der Waals surface area contributed by atoms with Crippen LogP contribution >= 0.6 is 11.3 Å². The van der Waals surface area contributed by atoms with Crippen molar-refractivity contribution >= 4 is 17.1 Å². The number of ether oxygens (including phenoxy) is 1. The predicted molar refractivity (Wildman–Crippen MR) is 70.1 cm³/mol. The van der Waals surface area contributed by atoms with Crippen LogP contribution in [0.25, 0.3) is 0 Å². The normalized spacial score (nSPS) is 10.2. The summed E-state index contributed by atoms with van der Waals surface area (Å²) in [5, 5.41) is 1.91. The molecule has 0 radical (unpaired) electrons. The molecule has 0 N–H and O–H groups in total. The molecule has 2 nitrogen and oxygen atoms in total. The zero-order chi connectivity index (χ0) is 12.3. The third-order valence-corrected chi connectivity index (χ3v) is 3.46. The molecule has 0 saturated heterocycles. The quantitative estimate of drug-likeness (QED) is 0.772. The molecule has 0 aliphatic heterocycles. The number of hydrogen-bond acceptors (Lipinski definition) is 3. The van der Waals surface area contributed by atoms with E-state index in [0.29, 0.717) is 6.42 Å². The van der Waals surface area contributed by atoms with Gasteiger partial charge in [-0.05, 0) is 19.1 Å². The number of methoxy groups -OCH3 is 1. The number of carbonyl (C=O) groups excluding carboxylic acids is 1. The van der Waals surface area contributed by atoms with E-state index in [1.165, 1.54) is 0 Å². The highest BCUT2D eigenvalue weighted by Gasteiger charge is 2.11. The molecule has 2 aromatic rings. The zero-order valence-electron chi connectivity index (χ0n) is 9.90. The third-order valence-electron chi connectivity index (χ3n) is 2.60. The Morgan fingerprint density at radius 3 is 2.76 bits per heavy atom. The van der Waals surface area contributed by atoms with Crippen molar-refractivity contribution in [1.82, 2.24) is 0 Å². The minimum absolute atomic E-state index is 0.138. The van der Waals surface area contributed by atoms with Gasteiger partial charge in [-0.15, -0.1) is 11.3 Å². The maximum atomic E-state index is 12.0. The van der Waals surface area contributed by atoms with E-state index in [1.54, 1.807) is 18.4 Å². The fourth-order valence-corrected chi connectivity index (χ4v) is 2.42. The van der Waals surface area contributed by atoms with Crippen molar-refractivity contribution in [3.63, 3.8) is 0 Å². The second-order valence-corrected chi connectivity index (χ2v) is 4.97. The first-order valence-corrected chi connectivity index (χ1v) is 6.29. The van der Waals surface area contributed by atoms with Crippen LogP contribution in [0.4, 0.5) is 0 Å². The van der Waals surface area contributed by atoms with Gasteiger partial charge in [0.15, 0.2) is 5.78 Å². The molecule has 17 heavy (non-hydrogen) atoms. The Hall–Kier alpha value is -1.61. The van der Waals surface area contributed by atoms with Crippen molar-refractivity contribution in [3.05, 3.63) is 51.7 Å². The number of para-hydroxylation sites is 1. The molecular formula is C14H14O2S. The molecule has 0 saturated carbocycles. The Bertz CT molecular complexity index is 529. The van der Waals surface area contributed by atoms with E-state index in [0.717, 1.165) is 21.8 Å². The summed E-state index contributed by atoms with van der Waals surface area (Å²) in [6, 6.07) is 9.56. The average Bonchev–Trinajstić information content (AvgIpc) is 2.77. The molecule has 0 fully saturated rings. The summed E-state index contributed by atoms with van der Waals surface area (Å²) in [5.41, 5.74) is 1.72. The highest BCUT2D eigenvalue weighted by atomic mass is 32.1. The molecule has 1 aromatic carbocycles. The Kier molecular flexibility index (Phi) is 3.59. The zero-order valence-corrected chi connectivity index (χ0v) is 10.7. The van der Waals surface area contributed by atoms with Crippen LogP contribution in [0.3, 0.4) is 0 Å². The smallest absolute Gasteiger partial charge is 0.168 e. The van der Waals surface area contributed by atoms with E-state index < -0.39 is 0 Å². The predicted octanol–water partition coefficient (Wildman–Crippen LogP) is 3.49. The molecule has 1 aromatic heterocycles. The highest BCUT2D eigenvalue weighted by molar-refractivity contribution is 7.10. The van der Waals surface area contributed by atoms with Gasteiger partial charge in [-0.3, -0.25) is 4.79 Å². The maximum absolute atomic E-state index is 12.0. The van der Waals surface area contributed by atoms with Gasteiger partial charge in [0, 0.05) is 27.8 Å². The summed E-state index contributed by atoms with van der Waals surface area (Å²) in [6.45, 7) is 2.00. The van der Waals surface area contributed by atoms with Crippen molar-refractivity contribution in [2.24, 2.45) is 0 Å². The standard InChI is InChI=1S/C14H14O2S/c1-10-7-12(9-17-10)13(15)8-11-5-3-4-6-14(11)16-2/h3-7,9H,8H2,1-2H3. The van der Waals surface area contributed by atoms with E-state index in [-0.39, 0.29) is 5.78 Å². The third kappa shape index (κ3) is 2.74. The summed E-state index contributed by atoms with van der Waals surface area (Å²) >= 11 is 1.60. The number of Topliss-reactive ketones (excluding diaryl/α,β-unsaturated/α-hetero) is 1. The van der Waals surface area contributed by atoms with E-state index in [1.807, 2.05) is 42.6 Å². The SMILES string of the molecule is COc1ccccc1CC(=O)c1csc(C)c1. The maximum Gasteiger partial charge on any atom is 0.168 e. The summed E-state index contributed by atoms with van der Waals surface area (Å²) < 4.78 is 5.24. The molecule has 0 spiro atoms. The molecule has 0 unspecified atom stereocenters. The van der Waals surface area contributed by atoms with Gasteiger partial charge in [-0.2, -0.15) is 0 Å². The van der Waals surface area contributed by atoms with E-state index in [2.05, 4.69) is 0 Å². The van der Waals surface area contributed by atoms with E-state index in [4.69, 9.17) is 4.74 Å². The highest BCUT2D eigenvalue weighted by Crippen LogP contribution is 2.21. The fourth-order valence-electron chi connectivity index (χ4n) is 1.71. The van der Waals surface area contributed by atoms with Gasteiger partial charge in [0.2, 0.25) is 0 Å². The fraction of sp³-hybridized carbons (Fsp3) is 0.214. The van der Waals surface area contributed by atoms with E-state index >= 15 is 0 Å². The second-order valence-electron chi connectivity index (χ2n) is 3.86. The van der Waals surface area contributed by atoms with Crippen molar-refractivity contribution in [2.45, 2.75) is 13.3 Å². The van der Waals surface area contributed by atoms with Gasteiger partial charge in [-0.25, -0.2) is 0 Å². The van der Waals surface area contributed by atoms with Gasteiger partial charge in [0.05, 0.1) is 7.11 Å². The van der Waals surface area contributed by atoms with Crippen LogP contribution in [-0.4, -0.2) is 12.9 Å². The topological polar surface area (TPSA) is 26.3 Å². The summed E-state index contributed by atoms with van der Waals surface area (Å²) in [4.78, 5) is 13.2. The first kappa shape index (κ1) is 11.9. The molecule has 88 valence electrons. The number of benzene rings is 1. The molecular weight excluding hydrogens is 232 g/mol.